The van der Waals surface area contributed by atoms with E-state index < -0.39 is 11.8 Å². The molecule has 2 rings (SSSR count). The molecule has 0 fully saturated rings. The van der Waals surface area contributed by atoms with Crippen LogP contribution in [0.4, 0.5) is 5.69 Å². The Morgan fingerprint density at radius 3 is 2.56 bits per heavy atom. The normalized spacial score (nSPS) is 11.8. The van der Waals surface area contributed by atoms with Gasteiger partial charge in [0.15, 0.2) is 0 Å². The molecule has 7 heteroatoms. The molecule has 0 saturated carbocycles. The fourth-order valence-electron chi connectivity index (χ4n) is 2.32. The average molecular weight is 345 g/mol. The van der Waals surface area contributed by atoms with Crippen molar-refractivity contribution in [1.29, 1.82) is 0 Å². The number of para-hydroxylation sites is 2. The highest BCUT2D eigenvalue weighted by Gasteiger charge is 2.21. The van der Waals surface area contributed by atoms with Gasteiger partial charge in [-0.1, -0.05) is 12.1 Å². The van der Waals surface area contributed by atoms with Crippen molar-refractivity contribution in [3.05, 3.63) is 48.4 Å². The first-order valence-electron chi connectivity index (χ1n) is 8.03. The average Bonchev–Trinajstić information content (AvgIpc) is 3.10. The molecule has 2 amide bonds. The molecule has 25 heavy (non-hydrogen) atoms. The second-order valence-electron chi connectivity index (χ2n) is 5.59. The summed E-state index contributed by atoms with van der Waals surface area (Å²) >= 11 is 0. The zero-order chi connectivity index (χ0) is 18.2. The second-order valence-corrected chi connectivity index (χ2v) is 5.59. The predicted molar refractivity (Wildman–Crippen MR) is 94.4 cm³/mol. The molecule has 1 aromatic heterocycles. The number of benzene rings is 1. The summed E-state index contributed by atoms with van der Waals surface area (Å²) in [5, 5.41) is 5.20. The molecule has 2 N–H and O–H groups in total. The first-order valence-corrected chi connectivity index (χ1v) is 8.03. The molecule has 134 valence electrons. The topological polar surface area (TPSA) is 83.8 Å². The number of nitrogens with one attached hydrogen (secondary N) is 2. The van der Waals surface area contributed by atoms with Gasteiger partial charge in [0.25, 0.3) is 0 Å². The van der Waals surface area contributed by atoms with E-state index in [9.17, 15) is 9.59 Å². The van der Waals surface area contributed by atoms with Crippen LogP contribution in [0.3, 0.4) is 0 Å². The smallest absolute Gasteiger partial charge is 0.313 e. The van der Waals surface area contributed by atoms with Crippen LogP contribution in [0.25, 0.3) is 0 Å². The van der Waals surface area contributed by atoms with E-state index in [0.29, 0.717) is 23.8 Å². The number of hydrogen-bond donors (Lipinski definition) is 2. The highest BCUT2D eigenvalue weighted by Crippen LogP contribution is 2.23. The van der Waals surface area contributed by atoms with E-state index in [0.717, 1.165) is 0 Å². The van der Waals surface area contributed by atoms with Crippen molar-refractivity contribution in [2.45, 2.75) is 13.0 Å². The number of carbonyl (C=O) groups is 2. The molecule has 7 nitrogen and oxygen atoms in total. The molecule has 1 atom stereocenters. The van der Waals surface area contributed by atoms with Crippen LogP contribution < -0.4 is 15.4 Å². The molecular weight excluding hydrogens is 322 g/mol. The maximum absolute atomic E-state index is 12.1. The van der Waals surface area contributed by atoms with Crippen molar-refractivity contribution in [1.82, 2.24) is 10.2 Å². The quantitative estimate of drug-likeness (QED) is 0.750. The second kappa shape index (κ2) is 8.89. The molecular formula is C18H23N3O4. The van der Waals surface area contributed by atoms with Crippen LogP contribution in [-0.2, 0) is 9.59 Å². The Hall–Kier alpha value is -2.80. The molecule has 1 unspecified atom stereocenters. The van der Waals surface area contributed by atoms with E-state index in [1.165, 1.54) is 0 Å². The SMILES string of the molecule is CCOc1ccccc1NC(=O)C(=O)NCC(c1ccco1)N(C)C. The minimum atomic E-state index is -0.746. The van der Waals surface area contributed by atoms with Crippen molar-refractivity contribution in [2.24, 2.45) is 0 Å². The van der Waals surface area contributed by atoms with E-state index in [2.05, 4.69) is 10.6 Å². The molecule has 2 aromatic rings. The summed E-state index contributed by atoms with van der Waals surface area (Å²) in [5.41, 5.74) is 0.458. The van der Waals surface area contributed by atoms with Crippen LogP contribution in [-0.4, -0.2) is 44.0 Å². The summed E-state index contributed by atoms with van der Waals surface area (Å²) in [4.78, 5) is 26.1. The minimum Gasteiger partial charge on any atom is -0.492 e. The van der Waals surface area contributed by atoms with Gasteiger partial charge in [-0.3, -0.25) is 14.5 Å². The monoisotopic (exact) mass is 345 g/mol. The number of likely N-dealkylation sites (N-methyl/N-ethyl adjacent to an activating group) is 1. The Morgan fingerprint density at radius 1 is 1.16 bits per heavy atom. The van der Waals surface area contributed by atoms with Crippen LogP contribution in [0.15, 0.2) is 47.1 Å². The summed E-state index contributed by atoms with van der Waals surface area (Å²) in [7, 11) is 3.75. The first-order chi connectivity index (χ1) is 12.0. The third kappa shape index (κ3) is 5.09. The number of carbonyl (C=O) groups excluding carboxylic acids is 2. The third-order valence-corrected chi connectivity index (χ3v) is 3.59. The van der Waals surface area contributed by atoms with Gasteiger partial charge in [-0.2, -0.15) is 0 Å². The number of ether oxygens (including phenoxy) is 1. The maximum Gasteiger partial charge on any atom is 0.313 e. The standard InChI is InChI=1S/C18H23N3O4/c1-4-24-15-9-6-5-8-13(15)20-18(23)17(22)19-12-14(21(2)3)16-10-7-11-25-16/h5-11,14H,4,12H2,1-3H3,(H,19,22)(H,20,23). The molecule has 0 radical (unpaired) electrons. The highest BCUT2D eigenvalue weighted by molar-refractivity contribution is 6.39. The number of anilines is 1. The molecule has 1 aromatic carbocycles. The van der Waals surface area contributed by atoms with Crippen LogP contribution in [0.1, 0.15) is 18.7 Å². The van der Waals surface area contributed by atoms with Gasteiger partial charge in [-0.25, -0.2) is 0 Å². The Bertz CT molecular complexity index is 698. The highest BCUT2D eigenvalue weighted by atomic mass is 16.5. The van der Waals surface area contributed by atoms with Gasteiger partial charge in [0.1, 0.15) is 11.5 Å². The summed E-state index contributed by atoms with van der Waals surface area (Å²) in [6.07, 6.45) is 1.57. The van der Waals surface area contributed by atoms with Gasteiger partial charge in [0.2, 0.25) is 0 Å². The zero-order valence-electron chi connectivity index (χ0n) is 14.6. The van der Waals surface area contributed by atoms with Gasteiger partial charge in [-0.15, -0.1) is 0 Å². The Balaban J connectivity index is 1.95. The molecule has 0 aliphatic heterocycles. The molecule has 0 aliphatic carbocycles. The van der Waals surface area contributed by atoms with E-state index in [-0.39, 0.29) is 12.6 Å². The number of hydrogen-bond acceptors (Lipinski definition) is 5. The van der Waals surface area contributed by atoms with Crippen molar-refractivity contribution >= 4 is 17.5 Å². The fraction of sp³-hybridized carbons (Fsp3) is 0.333. The van der Waals surface area contributed by atoms with Crippen molar-refractivity contribution in [3.8, 4) is 5.75 Å². The number of amides is 2. The zero-order valence-corrected chi connectivity index (χ0v) is 14.6. The molecule has 0 aliphatic rings. The lowest BCUT2D eigenvalue weighted by Crippen LogP contribution is -2.40. The number of rotatable bonds is 7. The Labute approximate surface area is 146 Å². The lowest BCUT2D eigenvalue weighted by atomic mass is 10.2. The molecule has 0 saturated heterocycles. The molecule has 1 heterocycles. The van der Waals surface area contributed by atoms with Crippen molar-refractivity contribution in [2.75, 3.05) is 32.6 Å². The predicted octanol–water partition coefficient (Wildman–Crippen LogP) is 2.04. The van der Waals surface area contributed by atoms with Crippen molar-refractivity contribution < 1.29 is 18.7 Å². The summed E-state index contributed by atoms with van der Waals surface area (Å²) in [6.45, 7) is 2.56. The maximum atomic E-state index is 12.1. The summed E-state index contributed by atoms with van der Waals surface area (Å²) in [6, 6.07) is 10.4. The number of furan rings is 1. The van der Waals surface area contributed by atoms with E-state index in [4.69, 9.17) is 9.15 Å². The molecule has 0 bridgehead atoms. The summed E-state index contributed by atoms with van der Waals surface area (Å²) < 4.78 is 10.8. The Kier molecular flexibility index (Phi) is 6.59. The largest absolute Gasteiger partial charge is 0.492 e. The third-order valence-electron chi connectivity index (χ3n) is 3.59. The summed E-state index contributed by atoms with van der Waals surface area (Å²) in [5.74, 6) is -0.228. The minimum absolute atomic E-state index is 0.164. The van der Waals surface area contributed by atoms with Gasteiger partial charge in [-0.05, 0) is 45.3 Å². The van der Waals surface area contributed by atoms with Crippen LogP contribution >= 0.6 is 0 Å². The lowest BCUT2D eigenvalue weighted by Gasteiger charge is -2.22. The van der Waals surface area contributed by atoms with Crippen LogP contribution in [0.5, 0.6) is 5.75 Å². The van der Waals surface area contributed by atoms with Gasteiger partial charge < -0.3 is 19.8 Å². The van der Waals surface area contributed by atoms with Crippen molar-refractivity contribution in [3.63, 3.8) is 0 Å². The van der Waals surface area contributed by atoms with Gasteiger partial charge in [0, 0.05) is 6.54 Å². The van der Waals surface area contributed by atoms with Gasteiger partial charge >= 0.3 is 11.8 Å². The molecule has 0 spiro atoms. The van der Waals surface area contributed by atoms with E-state index in [1.807, 2.05) is 32.0 Å². The Morgan fingerprint density at radius 2 is 1.92 bits per heavy atom. The van der Waals surface area contributed by atoms with Crippen LogP contribution in [0, 0.1) is 0 Å². The van der Waals surface area contributed by atoms with Crippen LogP contribution in [0.2, 0.25) is 0 Å². The lowest BCUT2D eigenvalue weighted by molar-refractivity contribution is -0.136. The van der Waals surface area contributed by atoms with Gasteiger partial charge in [0.05, 0.1) is 24.6 Å². The van der Waals surface area contributed by atoms with E-state index >= 15 is 0 Å². The first kappa shape index (κ1) is 18.5. The van der Waals surface area contributed by atoms with E-state index in [1.54, 1.807) is 36.6 Å². The number of nitrogens with zero attached hydrogens (tertiary/aromatic N) is 1. The fourth-order valence-corrected chi connectivity index (χ4v) is 2.32.